The van der Waals surface area contributed by atoms with Crippen molar-refractivity contribution < 1.29 is 18.6 Å². The third kappa shape index (κ3) is 3.13. The molecule has 0 radical (unpaired) electrons. The van der Waals surface area contributed by atoms with Gasteiger partial charge in [-0.1, -0.05) is 60.7 Å². The van der Waals surface area contributed by atoms with E-state index in [1.165, 1.54) is 0 Å². The number of fused-ring (bicyclic) bond motifs is 9. The van der Waals surface area contributed by atoms with Crippen LogP contribution in [0.4, 0.5) is 0 Å². The first-order valence-electron chi connectivity index (χ1n) is 13.2. The summed E-state index contributed by atoms with van der Waals surface area (Å²) >= 11 is 0. The van der Waals surface area contributed by atoms with Crippen LogP contribution >= 0.6 is 0 Å². The standard InChI is InChI=1S/C36H20O4/c1-3-7-31-25(5-1)27-17-21(9-13-33(27)37-31)23-11-15-35-29(19-23)30-20-24(12-16-36(30)40-39-35)22-10-14-34-28(18-22)26-6-2-4-8-32(26)38-34/h1-20H. The molecular weight excluding hydrogens is 496 g/mol. The van der Waals surface area contributed by atoms with E-state index in [9.17, 15) is 0 Å². The van der Waals surface area contributed by atoms with Crippen molar-refractivity contribution in [3.05, 3.63) is 121 Å². The molecule has 0 saturated heterocycles. The van der Waals surface area contributed by atoms with E-state index in [-0.39, 0.29) is 0 Å². The Morgan fingerprint density at radius 1 is 0.325 bits per heavy atom. The molecule has 1 aliphatic rings. The second-order valence-electron chi connectivity index (χ2n) is 10.2. The highest BCUT2D eigenvalue weighted by atomic mass is 17.2. The molecule has 4 heteroatoms. The smallest absolute Gasteiger partial charge is 0.186 e. The Kier molecular flexibility index (Phi) is 4.30. The molecule has 0 N–H and O–H groups in total. The van der Waals surface area contributed by atoms with Crippen LogP contribution in [0.15, 0.2) is 130 Å². The molecule has 0 bridgehead atoms. The quantitative estimate of drug-likeness (QED) is 0.214. The van der Waals surface area contributed by atoms with Gasteiger partial charge in [0.2, 0.25) is 0 Å². The molecule has 0 unspecified atom stereocenters. The molecule has 0 spiro atoms. The summed E-state index contributed by atoms with van der Waals surface area (Å²) in [4.78, 5) is 11.3. The first-order valence-corrected chi connectivity index (χ1v) is 13.2. The molecule has 0 aliphatic carbocycles. The number of benzene rings is 6. The SMILES string of the molecule is c1ccc2c(c1)oc1ccc(-c3ccc4c(c3)-c3cc(-c5ccc6oc7ccccc7c6c5)ccc3OO4)cc12. The molecule has 4 nitrogen and oxygen atoms in total. The van der Waals surface area contributed by atoms with E-state index in [4.69, 9.17) is 18.6 Å². The Bertz CT molecular complexity index is 2120. The Morgan fingerprint density at radius 2 is 0.725 bits per heavy atom. The van der Waals surface area contributed by atoms with Crippen molar-refractivity contribution in [3.63, 3.8) is 0 Å². The molecule has 6 aromatic carbocycles. The number of furan rings is 2. The first-order chi connectivity index (χ1) is 19.8. The van der Waals surface area contributed by atoms with Crippen molar-refractivity contribution in [2.24, 2.45) is 0 Å². The van der Waals surface area contributed by atoms with Gasteiger partial charge >= 0.3 is 0 Å². The zero-order chi connectivity index (χ0) is 26.2. The monoisotopic (exact) mass is 516 g/mol. The van der Waals surface area contributed by atoms with Gasteiger partial charge in [0.25, 0.3) is 0 Å². The summed E-state index contributed by atoms with van der Waals surface area (Å²) in [6.45, 7) is 0. The molecule has 0 amide bonds. The van der Waals surface area contributed by atoms with E-state index in [1.807, 2.05) is 60.7 Å². The van der Waals surface area contributed by atoms with Crippen LogP contribution in [0.5, 0.6) is 11.5 Å². The minimum Gasteiger partial charge on any atom is -0.456 e. The second-order valence-corrected chi connectivity index (χ2v) is 10.2. The highest BCUT2D eigenvalue weighted by Crippen LogP contribution is 2.45. The molecule has 188 valence electrons. The molecule has 9 rings (SSSR count). The van der Waals surface area contributed by atoms with Crippen LogP contribution in [0.2, 0.25) is 0 Å². The molecule has 8 aromatic rings. The van der Waals surface area contributed by atoms with Gasteiger partial charge in [-0.05, 0) is 82.9 Å². The third-order valence-corrected chi connectivity index (χ3v) is 7.89. The van der Waals surface area contributed by atoms with Crippen molar-refractivity contribution in [2.75, 3.05) is 0 Å². The average Bonchev–Trinajstić information content (AvgIpc) is 3.58. The van der Waals surface area contributed by atoms with E-state index in [0.29, 0.717) is 11.5 Å². The van der Waals surface area contributed by atoms with Gasteiger partial charge in [0.1, 0.15) is 22.3 Å². The van der Waals surface area contributed by atoms with Gasteiger partial charge < -0.3 is 8.83 Å². The second kappa shape index (κ2) is 8.01. The fraction of sp³-hybridized carbons (Fsp3) is 0. The molecule has 40 heavy (non-hydrogen) atoms. The van der Waals surface area contributed by atoms with Gasteiger partial charge in [-0.3, -0.25) is 9.78 Å². The largest absolute Gasteiger partial charge is 0.456 e. The van der Waals surface area contributed by atoms with Crippen molar-refractivity contribution >= 4 is 43.9 Å². The minimum atomic E-state index is 0.694. The predicted octanol–water partition coefficient (Wildman–Crippen LogP) is 10.2. The Morgan fingerprint density at radius 3 is 1.23 bits per heavy atom. The third-order valence-electron chi connectivity index (χ3n) is 7.89. The number of rotatable bonds is 2. The lowest BCUT2D eigenvalue weighted by Gasteiger charge is -2.21. The highest BCUT2D eigenvalue weighted by molar-refractivity contribution is 6.07. The molecular formula is C36H20O4. The highest BCUT2D eigenvalue weighted by Gasteiger charge is 2.22. The van der Waals surface area contributed by atoms with Crippen molar-refractivity contribution in [1.29, 1.82) is 0 Å². The number of hydrogen-bond donors (Lipinski definition) is 0. The molecule has 1 aliphatic heterocycles. The molecule has 3 heterocycles. The van der Waals surface area contributed by atoms with Crippen LogP contribution in [0.25, 0.3) is 77.3 Å². The van der Waals surface area contributed by atoms with Gasteiger partial charge in [-0.2, -0.15) is 0 Å². The van der Waals surface area contributed by atoms with Gasteiger partial charge in [-0.15, -0.1) is 0 Å². The summed E-state index contributed by atoms with van der Waals surface area (Å²) in [5.74, 6) is 1.39. The lowest BCUT2D eigenvalue weighted by molar-refractivity contribution is -0.102. The van der Waals surface area contributed by atoms with Gasteiger partial charge in [-0.25, -0.2) is 0 Å². The summed E-state index contributed by atoms with van der Waals surface area (Å²) in [6, 6.07) is 41.4. The summed E-state index contributed by atoms with van der Waals surface area (Å²) < 4.78 is 12.1. The van der Waals surface area contributed by atoms with Gasteiger partial charge in [0, 0.05) is 32.7 Å². The predicted molar refractivity (Wildman–Crippen MR) is 159 cm³/mol. The molecule has 0 saturated carbocycles. The van der Waals surface area contributed by atoms with E-state index in [1.54, 1.807) is 0 Å². The maximum absolute atomic E-state index is 6.04. The van der Waals surface area contributed by atoms with Crippen LogP contribution < -0.4 is 9.78 Å². The van der Waals surface area contributed by atoms with Crippen molar-refractivity contribution in [1.82, 2.24) is 0 Å². The lowest BCUT2D eigenvalue weighted by atomic mass is 9.93. The Labute approximate surface area is 228 Å². The Balaban J connectivity index is 1.17. The van der Waals surface area contributed by atoms with Crippen LogP contribution in [0.1, 0.15) is 0 Å². The Hall–Kier alpha value is -5.48. The first kappa shape index (κ1) is 21.5. The fourth-order valence-corrected chi connectivity index (χ4v) is 5.89. The normalized spacial score (nSPS) is 12.4. The zero-order valence-corrected chi connectivity index (χ0v) is 21.2. The average molecular weight is 517 g/mol. The van der Waals surface area contributed by atoms with Crippen molar-refractivity contribution in [2.45, 2.75) is 0 Å². The fourth-order valence-electron chi connectivity index (χ4n) is 5.89. The van der Waals surface area contributed by atoms with Crippen LogP contribution in [-0.2, 0) is 0 Å². The summed E-state index contributed by atoms with van der Waals surface area (Å²) in [5, 5.41) is 4.45. The molecule has 0 fully saturated rings. The maximum Gasteiger partial charge on any atom is 0.186 e. The van der Waals surface area contributed by atoms with E-state index < -0.39 is 0 Å². The molecule has 0 atom stereocenters. The number of hydrogen-bond acceptors (Lipinski definition) is 4. The van der Waals surface area contributed by atoms with Crippen LogP contribution in [-0.4, -0.2) is 0 Å². The number of para-hydroxylation sites is 2. The van der Waals surface area contributed by atoms with E-state index >= 15 is 0 Å². The minimum absolute atomic E-state index is 0.694. The van der Waals surface area contributed by atoms with Crippen LogP contribution in [0.3, 0.4) is 0 Å². The zero-order valence-electron chi connectivity index (χ0n) is 21.2. The summed E-state index contributed by atoms with van der Waals surface area (Å²) in [5.41, 5.74) is 9.97. The lowest BCUT2D eigenvalue weighted by Crippen LogP contribution is -2.08. The molecule has 2 aromatic heterocycles. The summed E-state index contributed by atoms with van der Waals surface area (Å²) in [7, 11) is 0. The topological polar surface area (TPSA) is 44.7 Å². The maximum atomic E-state index is 6.04. The van der Waals surface area contributed by atoms with E-state index in [0.717, 1.165) is 77.3 Å². The van der Waals surface area contributed by atoms with Gasteiger partial charge in [0.05, 0.1) is 0 Å². The van der Waals surface area contributed by atoms with Crippen molar-refractivity contribution in [3.8, 4) is 44.9 Å². The van der Waals surface area contributed by atoms with E-state index in [2.05, 4.69) is 60.7 Å². The summed E-state index contributed by atoms with van der Waals surface area (Å²) in [6.07, 6.45) is 0. The van der Waals surface area contributed by atoms with Crippen LogP contribution in [0, 0.1) is 0 Å². The van der Waals surface area contributed by atoms with Gasteiger partial charge in [0.15, 0.2) is 11.5 Å².